The number of nitrogens with zero attached hydrogens (tertiary/aromatic N) is 2. The Morgan fingerprint density at radius 3 is 2.71 bits per heavy atom. The topological polar surface area (TPSA) is 48.2 Å². The summed E-state index contributed by atoms with van der Waals surface area (Å²) in [4.78, 5) is 4.18. The van der Waals surface area contributed by atoms with Crippen molar-refractivity contribution in [1.82, 2.24) is 10.1 Å². The number of aryl methyl sites for hydroxylation is 1. The molecule has 1 aromatic heterocycles. The highest BCUT2D eigenvalue weighted by molar-refractivity contribution is 5.52. The van der Waals surface area contributed by atoms with Gasteiger partial charge in [-0.15, -0.1) is 0 Å². The number of aromatic nitrogens is 2. The van der Waals surface area contributed by atoms with Gasteiger partial charge in [0.25, 0.3) is 5.89 Å². The van der Waals surface area contributed by atoms with Crippen molar-refractivity contribution in [3.05, 3.63) is 65.7 Å². The first-order valence-corrected chi connectivity index (χ1v) is 6.49. The lowest BCUT2D eigenvalue weighted by Gasteiger charge is -2.02. The van der Waals surface area contributed by atoms with Crippen LogP contribution >= 0.6 is 0 Å². The third kappa shape index (κ3) is 3.25. The minimum Gasteiger partial charge on any atom is -0.485 e. The number of hydrogen-bond donors (Lipinski definition) is 0. The highest BCUT2D eigenvalue weighted by Crippen LogP contribution is 2.19. The number of benzene rings is 2. The molecule has 0 atom stereocenters. The van der Waals surface area contributed by atoms with Gasteiger partial charge in [-0.05, 0) is 37.3 Å². The van der Waals surface area contributed by atoms with Crippen molar-refractivity contribution in [2.45, 2.75) is 13.5 Å². The highest BCUT2D eigenvalue weighted by atomic mass is 19.1. The van der Waals surface area contributed by atoms with E-state index in [-0.39, 0.29) is 18.3 Å². The Morgan fingerprint density at radius 2 is 1.95 bits per heavy atom. The zero-order chi connectivity index (χ0) is 14.7. The van der Waals surface area contributed by atoms with Crippen molar-refractivity contribution in [2.75, 3.05) is 0 Å². The van der Waals surface area contributed by atoms with E-state index in [1.165, 1.54) is 12.1 Å². The summed E-state index contributed by atoms with van der Waals surface area (Å²) in [5.74, 6) is 1.08. The molecule has 0 bridgehead atoms. The fraction of sp³-hybridized carbons (Fsp3) is 0.125. The largest absolute Gasteiger partial charge is 0.485 e. The van der Waals surface area contributed by atoms with Gasteiger partial charge in [-0.2, -0.15) is 4.98 Å². The molecule has 0 unspecified atom stereocenters. The smallest absolute Gasteiger partial charge is 0.258 e. The first-order valence-electron chi connectivity index (χ1n) is 6.49. The van der Waals surface area contributed by atoms with Gasteiger partial charge in [0.2, 0.25) is 5.82 Å². The molecule has 2 aromatic carbocycles. The van der Waals surface area contributed by atoms with E-state index in [4.69, 9.17) is 9.26 Å². The third-order valence-corrected chi connectivity index (χ3v) is 2.93. The molecule has 0 fully saturated rings. The summed E-state index contributed by atoms with van der Waals surface area (Å²) >= 11 is 0. The van der Waals surface area contributed by atoms with Crippen LogP contribution in [0.3, 0.4) is 0 Å². The Morgan fingerprint density at radius 1 is 1.14 bits per heavy atom. The number of rotatable bonds is 4. The minimum absolute atomic E-state index is 0.196. The maximum atomic E-state index is 13.1. The van der Waals surface area contributed by atoms with Crippen molar-refractivity contribution in [1.29, 1.82) is 0 Å². The standard InChI is InChI=1S/C16H13FN2O2/c1-11-5-7-14(8-6-11)20-10-15-18-16(21-19-15)12-3-2-4-13(17)9-12/h2-9H,10H2,1H3. The maximum absolute atomic E-state index is 13.1. The number of halogens is 1. The van der Waals surface area contributed by atoms with Crippen LogP contribution in [0.25, 0.3) is 11.5 Å². The zero-order valence-electron chi connectivity index (χ0n) is 11.4. The van der Waals surface area contributed by atoms with Crippen molar-refractivity contribution < 1.29 is 13.7 Å². The third-order valence-electron chi connectivity index (χ3n) is 2.93. The fourth-order valence-corrected chi connectivity index (χ4v) is 1.83. The van der Waals surface area contributed by atoms with Crippen molar-refractivity contribution in [3.63, 3.8) is 0 Å². The fourth-order valence-electron chi connectivity index (χ4n) is 1.83. The molecule has 1 heterocycles. The van der Waals surface area contributed by atoms with Gasteiger partial charge in [0, 0.05) is 5.56 Å². The molecule has 3 rings (SSSR count). The maximum Gasteiger partial charge on any atom is 0.258 e. The Bertz CT molecular complexity index is 738. The molecule has 3 aromatic rings. The summed E-state index contributed by atoms with van der Waals surface area (Å²) in [5.41, 5.74) is 1.71. The predicted octanol–water partition coefficient (Wildman–Crippen LogP) is 3.76. The van der Waals surface area contributed by atoms with Crippen molar-refractivity contribution in [2.24, 2.45) is 0 Å². The van der Waals surface area contributed by atoms with E-state index in [1.807, 2.05) is 31.2 Å². The molecule has 4 nitrogen and oxygen atoms in total. The summed E-state index contributed by atoms with van der Waals surface area (Å²) in [6.45, 7) is 2.20. The normalized spacial score (nSPS) is 10.6. The quantitative estimate of drug-likeness (QED) is 0.732. The van der Waals surface area contributed by atoms with E-state index in [1.54, 1.807) is 12.1 Å². The summed E-state index contributed by atoms with van der Waals surface area (Å²) in [6.07, 6.45) is 0. The predicted molar refractivity (Wildman–Crippen MR) is 75.2 cm³/mol. The van der Waals surface area contributed by atoms with Gasteiger partial charge in [-0.1, -0.05) is 28.9 Å². The monoisotopic (exact) mass is 284 g/mol. The molecule has 0 saturated carbocycles. The highest BCUT2D eigenvalue weighted by Gasteiger charge is 2.10. The SMILES string of the molecule is Cc1ccc(OCc2noc(-c3cccc(F)c3)n2)cc1. The average molecular weight is 284 g/mol. The molecular weight excluding hydrogens is 271 g/mol. The van der Waals surface area contributed by atoms with Gasteiger partial charge >= 0.3 is 0 Å². The van der Waals surface area contributed by atoms with Gasteiger partial charge in [0.15, 0.2) is 6.61 Å². The van der Waals surface area contributed by atoms with E-state index in [0.717, 1.165) is 11.3 Å². The summed E-state index contributed by atoms with van der Waals surface area (Å²) in [6, 6.07) is 13.7. The molecule has 0 radical (unpaired) electrons. The van der Waals surface area contributed by atoms with E-state index in [9.17, 15) is 4.39 Å². The van der Waals surface area contributed by atoms with E-state index in [2.05, 4.69) is 10.1 Å². The van der Waals surface area contributed by atoms with Gasteiger partial charge in [0.1, 0.15) is 11.6 Å². The van der Waals surface area contributed by atoms with Crippen LogP contribution < -0.4 is 4.74 Å². The molecule has 21 heavy (non-hydrogen) atoms. The van der Waals surface area contributed by atoms with Gasteiger partial charge in [-0.25, -0.2) is 4.39 Å². The molecular formula is C16H13FN2O2. The van der Waals surface area contributed by atoms with Gasteiger partial charge in [-0.3, -0.25) is 0 Å². The van der Waals surface area contributed by atoms with Crippen molar-refractivity contribution in [3.8, 4) is 17.2 Å². The lowest BCUT2D eigenvalue weighted by molar-refractivity contribution is 0.287. The van der Waals surface area contributed by atoms with E-state index in [0.29, 0.717) is 11.4 Å². The Labute approximate surface area is 121 Å². The molecule has 0 amide bonds. The van der Waals surface area contributed by atoms with Crippen LogP contribution in [-0.2, 0) is 6.61 Å². The number of hydrogen-bond acceptors (Lipinski definition) is 4. The van der Waals surface area contributed by atoms with Gasteiger partial charge in [0.05, 0.1) is 0 Å². The molecule has 0 saturated heterocycles. The summed E-state index contributed by atoms with van der Waals surface area (Å²) in [7, 11) is 0. The molecule has 0 spiro atoms. The minimum atomic E-state index is -0.344. The molecule has 5 heteroatoms. The van der Waals surface area contributed by atoms with Crippen LogP contribution in [0.15, 0.2) is 53.1 Å². The lowest BCUT2D eigenvalue weighted by Crippen LogP contribution is -1.97. The van der Waals surface area contributed by atoms with Crippen LogP contribution in [0.1, 0.15) is 11.4 Å². The Hall–Kier alpha value is -2.69. The number of ether oxygens (including phenoxy) is 1. The Balaban J connectivity index is 1.69. The van der Waals surface area contributed by atoms with Crippen molar-refractivity contribution >= 4 is 0 Å². The first-order chi connectivity index (χ1) is 10.2. The summed E-state index contributed by atoms with van der Waals surface area (Å²) in [5, 5.41) is 3.82. The lowest BCUT2D eigenvalue weighted by atomic mass is 10.2. The first kappa shape index (κ1) is 13.3. The second-order valence-corrected chi connectivity index (χ2v) is 4.63. The van der Waals surface area contributed by atoms with Crippen LogP contribution in [0.4, 0.5) is 4.39 Å². The molecule has 106 valence electrons. The molecule has 0 aliphatic heterocycles. The van der Waals surface area contributed by atoms with Crippen LogP contribution in [-0.4, -0.2) is 10.1 Å². The van der Waals surface area contributed by atoms with E-state index < -0.39 is 0 Å². The average Bonchev–Trinajstić information content (AvgIpc) is 2.96. The van der Waals surface area contributed by atoms with Crippen LogP contribution in [0.2, 0.25) is 0 Å². The van der Waals surface area contributed by atoms with E-state index >= 15 is 0 Å². The second kappa shape index (κ2) is 5.75. The summed E-state index contributed by atoms with van der Waals surface area (Å²) < 4.78 is 23.8. The molecule has 0 N–H and O–H groups in total. The zero-order valence-corrected chi connectivity index (χ0v) is 11.4. The Kier molecular flexibility index (Phi) is 3.64. The molecule has 0 aliphatic carbocycles. The van der Waals surface area contributed by atoms with Crippen LogP contribution in [0, 0.1) is 12.7 Å². The molecule has 0 aliphatic rings. The van der Waals surface area contributed by atoms with Gasteiger partial charge < -0.3 is 9.26 Å². The second-order valence-electron chi connectivity index (χ2n) is 4.63. The van der Waals surface area contributed by atoms with Crippen LogP contribution in [0.5, 0.6) is 5.75 Å².